The molecule has 0 amide bonds. The maximum atomic E-state index is 5.92. The van der Waals surface area contributed by atoms with E-state index in [-0.39, 0.29) is 10.3 Å². The van der Waals surface area contributed by atoms with E-state index in [1.165, 1.54) is 0 Å². The molecule has 1 aromatic carbocycles. The lowest BCUT2D eigenvalue weighted by molar-refractivity contribution is 0.356. The summed E-state index contributed by atoms with van der Waals surface area (Å²) in [6.45, 7) is 0. The van der Waals surface area contributed by atoms with Crippen LogP contribution >= 0.6 is 23.2 Å². The lowest BCUT2D eigenvalue weighted by atomic mass is 10.2. The third-order valence-electron chi connectivity index (χ3n) is 2.19. The third kappa shape index (κ3) is 1.74. The van der Waals surface area contributed by atoms with Crippen molar-refractivity contribution in [2.45, 2.75) is 0 Å². The Hall–Kier alpha value is -1.26. The van der Waals surface area contributed by atoms with Crippen molar-refractivity contribution in [3.63, 3.8) is 0 Å². The minimum atomic E-state index is 0.278. The van der Waals surface area contributed by atoms with Gasteiger partial charge in [-0.05, 0) is 12.1 Å². The zero-order chi connectivity index (χ0) is 11.7. The Labute approximate surface area is 102 Å². The Morgan fingerprint density at radius 1 is 0.875 bits per heavy atom. The minimum absolute atomic E-state index is 0.278. The fraction of sp³-hybridized carbons (Fsp3) is 0.200. The molecule has 1 aromatic heterocycles. The normalized spacial score (nSPS) is 10.5. The van der Waals surface area contributed by atoms with E-state index < -0.39 is 0 Å². The van der Waals surface area contributed by atoms with Crippen molar-refractivity contribution >= 4 is 34.0 Å². The molecule has 16 heavy (non-hydrogen) atoms. The summed E-state index contributed by atoms with van der Waals surface area (Å²) in [6, 6.07) is 3.44. The highest BCUT2D eigenvalue weighted by Crippen LogP contribution is 2.36. The van der Waals surface area contributed by atoms with Gasteiger partial charge in [0.25, 0.3) is 0 Å². The summed E-state index contributed by atoms with van der Waals surface area (Å²) in [7, 11) is 3.10. The summed E-state index contributed by atoms with van der Waals surface area (Å²) < 4.78 is 10.3. The smallest absolute Gasteiger partial charge is 0.161 e. The summed E-state index contributed by atoms with van der Waals surface area (Å²) in [6.07, 6.45) is 0. The molecule has 0 bridgehead atoms. The maximum Gasteiger partial charge on any atom is 0.161 e. The largest absolute Gasteiger partial charge is 0.493 e. The van der Waals surface area contributed by atoms with Crippen LogP contribution in [-0.2, 0) is 0 Å². The number of nitrogens with zero attached hydrogens (tertiary/aromatic N) is 2. The summed E-state index contributed by atoms with van der Waals surface area (Å²) >= 11 is 11.8. The molecular weight excluding hydrogens is 251 g/mol. The highest BCUT2D eigenvalue weighted by molar-refractivity contribution is 6.38. The summed E-state index contributed by atoms with van der Waals surface area (Å²) in [5.41, 5.74) is 0. The van der Waals surface area contributed by atoms with Gasteiger partial charge < -0.3 is 9.47 Å². The number of ether oxygens (including phenoxy) is 2. The maximum absolute atomic E-state index is 5.92. The second kappa shape index (κ2) is 4.31. The second-order valence-corrected chi connectivity index (χ2v) is 3.75. The predicted molar refractivity (Wildman–Crippen MR) is 62.7 cm³/mol. The average molecular weight is 259 g/mol. The first-order valence-corrected chi connectivity index (χ1v) is 5.16. The van der Waals surface area contributed by atoms with Crippen molar-refractivity contribution in [1.82, 2.24) is 10.2 Å². The summed E-state index contributed by atoms with van der Waals surface area (Å²) in [5.74, 6) is 1.14. The first-order chi connectivity index (χ1) is 7.67. The van der Waals surface area contributed by atoms with Crippen LogP contribution in [0.15, 0.2) is 12.1 Å². The quantitative estimate of drug-likeness (QED) is 0.831. The Bertz CT molecular complexity index is 497. The second-order valence-electron chi connectivity index (χ2n) is 3.03. The molecule has 6 heteroatoms. The van der Waals surface area contributed by atoms with Crippen LogP contribution in [-0.4, -0.2) is 24.4 Å². The zero-order valence-corrected chi connectivity index (χ0v) is 10.1. The molecule has 0 fully saturated rings. The van der Waals surface area contributed by atoms with Crippen LogP contribution in [0.3, 0.4) is 0 Å². The number of halogens is 2. The molecule has 0 aliphatic carbocycles. The number of aromatic nitrogens is 2. The molecule has 4 nitrogen and oxygen atoms in total. The standard InChI is InChI=1S/C10H8Cl2N2O2/c1-15-7-3-5-6(4-8(7)16-2)10(12)14-13-9(5)11/h3-4H,1-2H3. The minimum Gasteiger partial charge on any atom is -0.493 e. The van der Waals surface area contributed by atoms with Crippen molar-refractivity contribution in [1.29, 1.82) is 0 Å². The Balaban J connectivity index is 2.82. The van der Waals surface area contributed by atoms with Crippen molar-refractivity contribution < 1.29 is 9.47 Å². The van der Waals surface area contributed by atoms with Crippen LogP contribution < -0.4 is 9.47 Å². The van der Waals surface area contributed by atoms with Gasteiger partial charge in [0.05, 0.1) is 14.2 Å². The monoisotopic (exact) mass is 258 g/mol. The summed E-state index contributed by atoms with van der Waals surface area (Å²) in [5, 5.41) is 9.37. The summed E-state index contributed by atoms with van der Waals surface area (Å²) in [4.78, 5) is 0. The van der Waals surface area contributed by atoms with E-state index in [1.54, 1.807) is 26.4 Å². The van der Waals surface area contributed by atoms with Crippen molar-refractivity contribution in [2.24, 2.45) is 0 Å². The van der Waals surface area contributed by atoms with Gasteiger partial charge in [-0.3, -0.25) is 0 Å². The van der Waals surface area contributed by atoms with Gasteiger partial charge in [-0.2, -0.15) is 0 Å². The molecule has 0 unspecified atom stereocenters. The van der Waals surface area contributed by atoms with Crippen molar-refractivity contribution in [2.75, 3.05) is 14.2 Å². The SMILES string of the molecule is COc1cc2c(Cl)nnc(Cl)c2cc1OC. The van der Waals surface area contributed by atoms with Gasteiger partial charge in [0.15, 0.2) is 21.8 Å². The molecule has 2 aromatic rings. The number of rotatable bonds is 2. The molecule has 0 atom stereocenters. The van der Waals surface area contributed by atoms with E-state index >= 15 is 0 Å². The number of hydrogen-bond donors (Lipinski definition) is 0. The first-order valence-electron chi connectivity index (χ1n) is 4.40. The molecule has 0 aliphatic heterocycles. The third-order valence-corrected chi connectivity index (χ3v) is 2.75. The number of fused-ring (bicyclic) bond motifs is 1. The van der Waals surface area contributed by atoms with Gasteiger partial charge in [-0.25, -0.2) is 0 Å². The Kier molecular flexibility index (Phi) is 3.03. The van der Waals surface area contributed by atoms with Gasteiger partial charge in [0, 0.05) is 10.8 Å². The van der Waals surface area contributed by atoms with Crippen LogP contribution in [0, 0.1) is 0 Å². The first kappa shape index (κ1) is 11.2. The highest BCUT2D eigenvalue weighted by Gasteiger charge is 2.12. The molecular formula is C10H8Cl2N2O2. The fourth-order valence-electron chi connectivity index (χ4n) is 1.42. The van der Waals surface area contributed by atoms with E-state index in [2.05, 4.69) is 10.2 Å². The molecule has 0 aliphatic rings. The Morgan fingerprint density at radius 2 is 1.25 bits per heavy atom. The van der Waals surface area contributed by atoms with Gasteiger partial charge in [0.1, 0.15) is 0 Å². The topological polar surface area (TPSA) is 44.2 Å². The zero-order valence-electron chi connectivity index (χ0n) is 8.62. The van der Waals surface area contributed by atoms with E-state index in [4.69, 9.17) is 32.7 Å². The molecule has 2 rings (SSSR count). The van der Waals surface area contributed by atoms with Crippen LogP contribution in [0.4, 0.5) is 0 Å². The van der Waals surface area contributed by atoms with Crippen molar-refractivity contribution in [3.8, 4) is 11.5 Å². The van der Waals surface area contributed by atoms with Gasteiger partial charge in [-0.1, -0.05) is 23.2 Å². The van der Waals surface area contributed by atoms with Crippen LogP contribution in [0.5, 0.6) is 11.5 Å². The predicted octanol–water partition coefficient (Wildman–Crippen LogP) is 2.95. The van der Waals surface area contributed by atoms with Crippen molar-refractivity contribution in [3.05, 3.63) is 22.4 Å². The molecule has 0 radical (unpaired) electrons. The molecule has 1 heterocycles. The van der Waals surface area contributed by atoms with Crippen LogP contribution in [0.25, 0.3) is 10.8 Å². The fourth-order valence-corrected chi connectivity index (χ4v) is 1.80. The lowest BCUT2D eigenvalue weighted by Crippen LogP contribution is -1.93. The lowest BCUT2D eigenvalue weighted by Gasteiger charge is -2.09. The molecule has 0 spiro atoms. The molecule has 0 saturated carbocycles. The van der Waals surface area contributed by atoms with Crippen LogP contribution in [0.1, 0.15) is 0 Å². The van der Waals surface area contributed by atoms with Gasteiger partial charge in [0.2, 0.25) is 0 Å². The number of hydrogen-bond acceptors (Lipinski definition) is 4. The van der Waals surface area contributed by atoms with Crippen LogP contribution in [0.2, 0.25) is 10.3 Å². The number of methoxy groups -OCH3 is 2. The van der Waals surface area contributed by atoms with Gasteiger partial charge >= 0.3 is 0 Å². The van der Waals surface area contributed by atoms with Gasteiger partial charge in [-0.15, -0.1) is 10.2 Å². The Morgan fingerprint density at radius 3 is 1.56 bits per heavy atom. The van der Waals surface area contributed by atoms with E-state index in [9.17, 15) is 0 Å². The molecule has 84 valence electrons. The van der Waals surface area contributed by atoms with E-state index in [1.807, 2.05) is 0 Å². The molecule has 0 saturated heterocycles. The highest BCUT2D eigenvalue weighted by atomic mass is 35.5. The van der Waals surface area contributed by atoms with E-state index in [0.717, 1.165) is 0 Å². The number of benzene rings is 1. The molecule has 0 N–H and O–H groups in total. The average Bonchev–Trinajstić information content (AvgIpc) is 2.32. The van der Waals surface area contributed by atoms with E-state index in [0.29, 0.717) is 22.3 Å².